The van der Waals surface area contributed by atoms with Crippen LogP contribution in [0.3, 0.4) is 0 Å². The number of nitrogens with one attached hydrogen (secondary N) is 1. The molecule has 1 aromatic carbocycles. The van der Waals surface area contributed by atoms with E-state index in [1.807, 2.05) is 18.2 Å². The molecule has 130 valence electrons. The Bertz CT molecular complexity index is 705. The van der Waals surface area contributed by atoms with Crippen LogP contribution in [0, 0.1) is 0 Å². The van der Waals surface area contributed by atoms with E-state index in [0.717, 1.165) is 30.9 Å². The van der Waals surface area contributed by atoms with Crippen molar-refractivity contribution in [2.24, 2.45) is 0 Å². The molecule has 1 saturated heterocycles. The summed E-state index contributed by atoms with van der Waals surface area (Å²) in [5.74, 6) is 1.89. The van der Waals surface area contributed by atoms with Crippen molar-refractivity contribution in [3.63, 3.8) is 0 Å². The molecule has 1 aromatic heterocycles. The number of ether oxygens (including phenoxy) is 1. The molecule has 1 unspecified atom stereocenters. The van der Waals surface area contributed by atoms with Gasteiger partial charge in [0.1, 0.15) is 5.75 Å². The van der Waals surface area contributed by atoms with Gasteiger partial charge in [0.05, 0.1) is 13.2 Å². The number of halogens is 2. The van der Waals surface area contributed by atoms with Crippen LogP contribution in [0.2, 0.25) is 5.02 Å². The minimum atomic E-state index is 0. The lowest BCUT2D eigenvalue weighted by molar-refractivity contribution is 0.190. The summed E-state index contributed by atoms with van der Waals surface area (Å²) < 4.78 is 10.6. The summed E-state index contributed by atoms with van der Waals surface area (Å²) in [6, 6.07) is 5.57. The Hall–Kier alpha value is -1.60. The third kappa shape index (κ3) is 4.27. The van der Waals surface area contributed by atoms with Crippen LogP contribution >= 0.6 is 24.0 Å². The van der Waals surface area contributed by atoms with E-state index < -0.39 is 0 Å². The van der Waals surface area contributed by atoms with Crippen LogP contribution in [-0.2, 0) is 0 Å². The number of hydrogen-bond acceptors (Lipinski definition) is 6. The number of methoxy groups -OCH3 is 1. The fourth-order valence-electron chi connectivity index (χ4n) is 2.54. The number of nitrogens with zero attached hydrogens (tertiary/aromatic N) is 3. The van der Waals surface area contributed by atoms with Gasteiger partial charge in [0, 0.05) is 36.3 Å². The van der Waals surface area contributed by atoms with Crippen LogP contribution in [0.25, 0.3) is 12.2 Å². The Morgan fingerprint density at radius 1 is 1.42 bits per heavy atom. The second-order valence-electron chi connectivity index (χ2n) is 5.41. The molecular weight excluding hydrogens is 351 g/mol. The molecule has 0 radical (unpaired) electrons. The van der Waals surface area contributed by atoms with Gasteiger partial charge in [-0.3, -0.25) is 4.90 Å². The van der Waals surface area contributed by atoms with E-state index in [4.69, 9.17) is 20.9 Å². The first-order valence-electron chi connectivity index (χ1n) is 7.43. The Kier molecular flexibility index (Phi) is 6.62. The van der Waals surface area contributed by atoms with Gasteiger partial charge in [0.15, 0.2) is 5.82 Å². The van der Waals surface area contributed by atoms with Crippen molar-refractivity contribution in [2.45, 2.75) is 6.04 Å². The normalized spacial score (nSPS) is 18.5. The van der Waals surface area contributed by atoms with Gasteiger partial charge >= 0.3 is 0 Å². The summed E-state index contributed by atoms with van der Waals surface area (Å²) >= 11 is 6.02. The third-order valence-corrected chi connectivity index (χ3v) is 4.10. The van der Waals surface area contributed by atoms with Crippen molar-refractivity contribution in [1.29, 1.82) is 0 Å². The largest absolute Gasteiger partial charge is 0.496 e. The molecule has 0 bridgehead atoms. The molecule has 0 aliphatic carbocycles. The van der Waals surface area contributed by atoms with E-state index in [-0.39, 0.29) is 18.4 Å². The molecule has 1 fully saturated rings. The molecule has 8 heteroatoms. The van der Waals surface area contributed by atoms with Gasteiger partial charge in [-0.15, -0.1) is 12.4 Å². The molecule has 0 saturated carbocycles. The van der Waals surface area contributed by atoms with E-state index in [1.165, 1.54) is 0 Å². The third-order valence-electron chi connectivity index (χ3n) is 3.86. The Morgan fingerprint density at radius 3 is 3.00 bits per heavy atom. The number of aromatic nitrogens is 2. The number of hydrogen-bond donors (Lipinski definition) is 1. The predicted molar refractivity (Wildman–Crippen MR) is 96.7 cm³/mol. The highest BCUT2D eigenvalue weighted by Gasteiger charge is 2.24. The quantitative estimate of drug-likeness (QED) is 0.892. The zero-order valence-corrected chi connectivity index (χ0v) is 15.1. The van der Waals surface area contributed by atoms with Gasteiger partial charge < -0.3 is 14.6 Å². The summed E-state index contributed by atoms with van der Waals surface area (Å²) in [4.78, 5) is 6.67. The average molecular weight is 371 g/mol. The Labute approximate surface area is 152 Å². The molecule has 0 amide bonds. The Balaban J connectivity index is 0.00000208. The van der Waals surface area contributed by atoms with Crippen molar-refractivity contribution < 1.29 is 9.26 Å². The minimum Gasteiger partial charge on any atom is -0.496 e. The predicted octanol–water partition coefficient (Wildman–Crippen LogP) is 2.90. The van der Waals surface area contributed by atoms with E-state index in [2.05, 4.69) is 27.4 Å². The molecule has 1 aliphatic rings. The lowest BCUT2D eigenvalue weighted by atomic mass is 10.2. The SMILES string of the molecule is COc1ccc(Cl)cc1/C=C/c1nc(C2CNCCN2C)no1.Cl. The van der Waals surface area contributed by atoms with E-state index in [9.17, 15) is 0 Å². The van der Waals surface area contributed by atoms with Crippen molar-refractivity contribution in [2.75, 3.05) is 33.8 Å². The van der Waals surface area contributed by atoms with Crippen LogP contribution < -0.4 is 10.1 Å². The molecule has 0 spiro atoms. The fourth-order valence-corrected chi connectivity index (χ4v) is 2.72. The number of likely N-dealkylation sites (N-methyl/N-ethyl adjacent to an activating group) is 1. The maximum absolute atomic E-state index is 6.02. The van der Waals surface area contributed by atoms with Crippen molar-refractivity contribution in [3.05, 3.63) is 40.5 Å². The summed E-state index contributed by atoms with van der Waals surface area (Å²) in [7, 11) is 3.69. The second-order valence-corrected chi connectivity index (χ2v) is 5.85. The molecule has 2 aromatic rings. The summed E-state index contributed by atoms with van der Waals surface area (Å²) in [5.41, 5.74) is 0.858. The summed E-state index contributed by atoms with van der Waals surface area (Å²) in [5, 5.41) is 8.07. The monoisotopic (exact) mass is 370 g/mol. The topological polar surface area (TPSA) is 63.4 Å². The van der Waals surface area contributed by atoms with Gasteiger partial charge in [-0.1, -0.05) is 16.8 Å². The molecule has 6 nitrogen and oxygen atoms in total. The van der Waals surface area contributed by atoms with Crippen LogP contribution in [0.5, 0.6) is 5.75 Å². The molecule has 3 rings (SSSR count). The lowest BCUT2D eigenvalue weighted by Crippen LogP contribution is -2.44. The van der Waals surface area contributed by atoms with Gasteiger partial charge in [0.25, 0.3) is 5.89 Å². The Morgan fingerprint density at radius 2 is 2.25 bits per heavy atom. The van der Waals surface area contributed by atoms with Crippen molar-refractivity contribution in [1.82, 2.24) is 20.4 Å². The fraction of sp³-hybridized carbons (Fsp3) is 0.375. The molecular formula is C16H20Cl2N4O2. The zero-order chi connectivity index (χ0) is 16.2. The maximum Gasteiger partial charge on any atom is 0.250 e. The highest BCUT2D eigenvalue weighted by molar-refractivity contribution is 6.30. The van der Waals surface area contributed by atoms with Crippen molar-refractivity contribution in [3.8, 4) is 5.75 Å². The average Bonchev–Trinajstić information content (AvgIpc) is 3.02. The molecule has 1 atom stereocenters. The van der Waals surface area contributed by atoms with E-state index in [1.54, 1.807) is 19.3 Å². The second kappa shape index (κ2) is 8.48. The zero-order valence-electron chi connectivity index (χ0n) is 13.5. The minimum absolute atomic E-state index is 0. The highest BCUT2D eigenvalue weighted by atomic mass is 35.5. The number of piperazine rings is 1. The number of rotatable bonds is 4. The van der Waals surface area contributed by atoms with Gasteiger partial charge in [-0.25, -0.2) is 0 Å². The molecule has 1 aliphatic heterocycles. The van der Waals surface area contributed by atoms with Gasteiger partial charge in [-0.05, 0) is 31.3 Å². The van der Waals surface area contributed by atoms with E-state index >= 15 is 0 Å². The van der Waals surface area contributed by atoms with Crippen LogP contribution in [0.15, 0.2) is 22.7 Å². The van der Waals surface area contributed by atoms with Crippen molar-refractivity contribution >= 4 is 36.2 Å². The summed E-state index contributed by atoms with van der Waals surface area (Å²) in [6.07, 6.45) is 3.62. The van der Waals surface area contributed by atoms with Crippen LogP contribution in [-0.4, -0.2) is 48.8 Å². The maximum atomic E-state index is 6.02. The standard InChI is InChI=1S/C16H19ClN4O2.ClH/c1-21-8-7-18-10-13(21)16-19-15(23-20-16)6-3-11-9-12(17)4-5-14(11)22-2;/h3-6,9,13,18H,7-8,10H2,1-2H3;1H/b6-3+;. The van der Waals surface area contributed by atoms with Crippen LogP contribution in [0.4, 0.5) is 0 Å². The lowest BCUT2D eigenvalue weighted by Gasteiger charge is -2.30. The molecule has 1 N–H and O–H groups in total. The van der Waals surface area contributed by atoms with Gasteiger partial charge in [0.2, 0.25) is 0 Å². The molecule has 24 heavy (non-hydrogen) atoms. The smallest absolute Gasteiger partial charge is 0.250 e. The first-order chi connectivity index (χ1) is 11.2. The van der Waals surface area contributed by atoms with Crippen LogP contribution in [0.1, 0.15) is 23.3 Å². The first-order valence-corrected chi connectivity index (χ1v) is 7.81. The highest BCUT2D eigenvalue weighted by Crippen LogP contribution is 2.25. The summed E-state index contributed by atoms with van der Waals surface area (Å²) in [6.45, 7) is 2.76. The van der Waals surface area contributed by atoms with E-state index in [0.29, 0.717) is 16.7 Å². The first kappa shape index (κ1) is 18.7. The van der Waals surface area contributed by atoms with Gasteiger partial charge in [-0.2, -0.15) is 4.98 Å². The number of benzene rings is 1. The molecule has 2 heterocycles.